The van der Waals surface area contributed by atoms with Crippen molar-refractivity contribution in [3.8, 4) is 0 Å². The van der Waals surface area contributed by atoms with Crippen molar-refractivity contribution in [1.82, 2.24) is 4.98 Å². The molecule has 2 N–H and O–H groups in total. The lowest BCUT2D eigenvalue weighted by Gasteiger charge is -2.63. The van der Waals surface area contributed by atoms with E-state index in [1.165, 1.54) is 11.1 Å². The number of ketones is 1. The van der Waals surface area contributed by atoms with E-state index in [-0.39, 0.29) is 10.8 Å². The largest absolute Gasteiger partial charge is 0.390 e. The lowest BCUT2D eigenvalue weighted by Crippen LogP contribution is -2.65. The van der Waals surface area contributed by atoms with E-state index >= 15 is 0 Å². The molecule has 4 nitrogen and oxygen atoms in total. The predicted octanol–water partition coefficient (Wildman–Crippen LogP) is 4.96. The first-order valence-corrected chi connectivity index (χ1v) is 13.5. The molecule has 4 aliphatic rings. The molecule has 6 rings (SSSR count). The van der Waals surface area contributed by atoms with E-state index in [1.54, 1.807) is 11.3 Å². The molecule has 1 heterocycles. The van der Waals surface area contributed by atoms with Gasteiger partial charge in [-0.3, -0.25) is 4.79 Å². The van der Waals surface area contributed by atoms with Crippen LogP contribution >= 0.6 is 11.3 Å². The zero-order chi connectivity index (χ0) is 23.2. The van der Waals surface area contributed by atoms with Crippen molar-refractivity contribution in [3.05, 3.63) is 51.0 Å². The van der Waals surface area contributed by atoms with Gasteiger partial charge in [0.25, 0.3) is 0 Å². The summed E-state index contributed by atoms with van der Waals surface area (Å²) in [6, 6.07) is 8.40. The van der Waals surface area contributed by atoms with Crippen LogP contribution in [0.25, 0.3) is 0 Å². The van der Waals surface area contributed by atoms with Crippen molar-refractivity contribution in [2.24, 2.45) is 28.6 Å². The molecule has 4 aliphatic carbocycles. The third-order valence-electron chi connectivity index (χ3n) is 10.4. The molecule has 0 aliphatic heterocycles. The number of fused-ring (bicyclic) bond motifs is 7. The summed E-state index contributed by atoms with van der Waals surface area (Å²) in [5.74, 6) is 1.42. The van der Waals surface area contributed by atoms with Gasteiger partial charge in [-0.05, 0) is 74.3 Å². The first kappa shape index (κ1) is 21.9. The highest BCUT2D eigenvalue weighted by molar-refractivity contribution is 7.12. The highest BCUT2D eigenvalue weighted by Crippen LogP contribution is 2.68. The number of aryl methyl sites for hydroxylation is 2. The van der Waals surface area contributed by atoms with Gasteiger partial charge >= 0.3 is 0 Å². The summed E-state index contributed by atoms with van der Waals surface area (Å²) in [4.78, 5) is 18.6. The second-order valence-electron chi connectivity index (χ2n) is 11.7. The standard InChI is InChI=1S/C28H35NO3S/c1-16-6-4-5-7-17(16)14-24-29-21-11-13-27(3)20-10-12-26(2)19(8-9-22(26)30)18(20)15-23(31)28(27,32)25(21)33-24/h4-7,18-20,23,31-32H,8-15H2,1-3H3/t18-,19-,20-,23-,26-,27+,28+/m0/s1. The number of aliphatic hydroxyl groups is 2. The number of hydrogen-bond acceptors (Lipinski definition) is 5. The van der Waals surface area contributed by atoms with E-state index in [0.29, 0.717) is 36.4 Å². The number of rotatable bonds is 2. The first-order valence-electron chi connectivity index (χ1n) is 12.7. The van der Waals surface area contributed by atoms with E-state index in [9.17, 15) is 15.0 Å². The summed E-state index contributed by atoms with van der Waals surface area (Å²) in [5.41, 5.74) is 1.64. The molecule has 3 fully saturated rings. The van der Waals surface area contributed by atoms with Crippen LogP contribution in [0, 0.1) is 35.5 Å². The summed E-state index contributed by atoms with van der Waals surface area (Å²) in [6.07, 6.45) is 5.78. The molecule has 1 aromatic heterocycles. The van der Waals surface area contributed by atoms with Crippen LogP contribution in [0.5, 0.6) is 0 Å². The number of nitrogens with zero attached hydrogens (tertiary/aromatic N) is 1. The molecule has 0 radical (unpaired) electrons. The monoisotopic (exact) mass is 465 g/mol. The van der Waals surface area contributed by atoms with Crippen LogP contribution in [-0.4, -0.2) is 27.1 Å². The molecule has 5 heteroatoms. The molecule has 0 spiro atoms. The van der Waals surface area contributed by atoms with Crippen LogP contribution in [0.4, 0.5) is 0 Å². The molecule has 3 saturated carbocycles. The lowest BCUT2D eigenvalue weighted by molar-refractivity contribution is -0.247. The molecule has 1 aromatic carbocycles. The van der Waals surface area contributed by atoms with Crippen molar-refractivity contribution in [3.63, 3.8) is 0 Å². The van der Waals surface area contributed by atoms with Crippen LogP contribution in [0.2, 0.25) is 0 Å². The smallest absolute Gasteiger partial charge is 0.139 e. The zero-order valence-corrected chi connectivity index (χ0v) is 20.8. The Morgan fingerprint density at radius 3 is 2.70 bits per heavy atom. The maximum atomic E-state index is 12.7. The zero-order valence-electron chi connectivity index (χ0n) is 19.9. The average molecular weight is 466 g/mol. The number of benzene rings is 1. The number of Topliss-reactive ketones (excluding diaryl/α,β-unsaturated/α-hetero) is 1. The van der Waals surface area contributed by atoms with Gasteiger partial charge in [0, 0.05) is 23.7 Å². The quantitative estimate of drug-likeness (QED) is 0.658. The van der Waals surface area contributed by atoms with Gasteiger partial charge in [-0.25, -0.2) is 4.98 Å². The molecule has 0 amide bonds. The van der Waals surface area contributed by atoms with Crippen LogP contribution in [0.1, 0.15) is 79.1 Å². The van der Waals surface area contributed by atoms with E-state index in [2.05, 4.69) is 45.0 Å². The third-order valence-corrected chi connectivity index (χ3v) is 11.6. The van der Waals surface area contributed by atoms with Crippen LogP contribution in [-0.2, 0) is 23.2 Å². The highest BCUT2D eigenvalue weighted by atomic mass is 32.1. The Morgan fingerprint density at radius 1 is 1.12 bits per heavy atom. The fourth-order valence-electron chi connectivity index (χ4n) is 8.35. The summed E-state index contributed by atoms with van der Waals surface area (Å²) in [6.45, 7) is 6.51. The van der Waals surface area contributed by atoms with Gasteiger partial charge < -0.3 is 10.2 Å². The number of carbonyl (C=O) groups is 1. The molecule has 0 bridgehead atoms. The van der Waals surface area contributed by atoms with Gasteiger partial charge in [-0.2, -0.15) is 0 Å². The Morgan fingerprint density at radius 2 is 1.91 bits per heavy atom. The lowest BCUT2D eigenvalue weighted by atomic mass is 9.43. The third kappa shape index (κ3) is 2.82. The molecular formula is C28H35NO3S. The molecule has 7 atom stereocenters. The van der Waals surface area contributed by atoms with Gasteiger partial charge in [0.15, 0.2) is 0 Å². The topological polar surface area (TPSA) is 70.4 Å². The Balaban J connectivity index is 1.38. The first-order chi connectivity index (χ1) is 15.7. The minimum atomic E-state index is -1.25. The van der Waals surface area contributed by atoms with Crippen molar-refractivity contribution in [2.75, 3.05) is 0 Å². The Labute approximate surface area is 200 Å². The maximum Gasteiger partial charge on any atom is 0.139 e. The molecule has 33 heavy (non-hydrogen) atoms. The second-order valence-corrected chi connectivity index (χ2v) is 12.8. The van der Waals surface area contributed by atoms with Crippen molar-refractivity contribution in [2.45, 2.75) is 83.8 Å². The number of aromatic nitrogens is 1. The second kappa shape index (κ2) is 7.22. The van der Waals surface area contributed by atoms with E-state index < -0.39 is 11.7 Å². The SMILES string of the molecule is Cc1ccccc1Cc1nc2c(s1)[C@]1(O)[C@@H](O)C[C@H]3[C@@H]4CCC(=O)[C@@]4(C)CC[C@@H]3[C@@]1(C)CC2. The van der Waals surface area contributed by atoms with Crippen LogP contribution in [0.15, 0.2) is 24.3 Å². The molecule has 0 unspecified atom stereocenters. The van der Waals surface area contributed by atoms with Crippen LogP contribution < -0.4 is 0 Å². The van der Waals surface area contributed by atoms with Crippen LogP contribution in [0.3, 0.4) is 0 Å². The minimum absolute atomic E-state index is 0.224. The average Bonchev–Trinajstić information content (AvgIpc) is 3.33. The number of hydrogen-bond donors (Lipinski definition) is 2. The number of thiazole rings is 1. The number of aliphatic hydroxyl groups excluding tert-OH is 1. The normalized spacial score (nSPS) is 41.8. The number of carbonyl (C=O) groups excluding carboxylic acids is 1. The molecule has 0 saturated heterocycles. The molecular weight excluding hydrogens is 430 g/mol. The Kier molecular flexibility index (Phi) is 4.80. The van der Waals surface area contributed by atoms with Gasteiger partial charge in [0.2, 0.25) is 0 Å². The summed E-state index contributed by atoms with van der Waals surface area (Å²) in [5, 5.41) is 25.0. The fourth-order valence-corrected chi connectivity index (χ4v) is 9.76. The highest BCUT2D eigenvalue weighted by Gasteiger charge is 2.68. The van der Waals surface area contributed by atoms with Crippen molar-refractivity contribution in [1.29, 1.82) is 0 Å². The summed E-state index contributed by atoms with van der Waals surface area (Å²) < 4.78 is 0. The van der Waals surface area contributed by atoms with Gasteiger partial charge in [-0.15, -0.1) is 11.3 Å². The van der Waals surface area contributed by atoms with E-state index in [1.807, 2.05) is 0 Å². The fraction of sp³-hybridized carbons (Fsp3) is 0.643. The Hall–Kier alpha value is -1.56. The van der Waals surface area contributed by atoms with Gasteiger partial charge in [-0.1, -0.05) is 38.1 Å². The predicted molar refractivity (Wildman–Crippen MR) is 129 cm³/mol. The van der Waals surface area contributed by atoms with Crippen molar-refractivity contribution < 1.29 is 15.0 Å². The van der Waals surface area contributed by atoms with Crippen molar-refractivity contribution >= 4 is 17.1 Å². The summed E-state index contributed by atoms with van der Waals surface area (Å²) >= 11 is 1.61. The maximum absolute atomic E-state index is 12.7. The molecule has 2 aromatic rings. The Bertz CT molecular complexity index is 1130. The van der Waals surface area contributed by atoms with E-state index in [0.717, 1.165) is 54.1 Å². The molecule has 176 valence electrons. The van der Waals surface area contributed by atoms with Gasteiger partial charge in [0.1, 0.15) is 11.4 Å². The van der Waals surface area contributed by atoms with Gasteiger partial charge in [0.05, 0.1) is 21.7 Å². The van der Waals surface area contributed by atoms with E-state index in [4.69, 9.17) is 4.98 Å². The summed E-state index contributed by atoms with van der Waals surface area (Å²) in [7, 11) is 0. The minimum Gasteiger partial charge on any atom is -0.390 e.